The van der Waals surface area contributed by atoms with Gasteiger partial charge in [-0.1, -0.05) is 25.3 Å². The third-order valence-electron chi connectivity index (χ3n) is 4.83. The van der Waals surface area contributed by atoms with Crippen molar-refractivity contribution < 1.29 is 13.5 Å². The van der Waals surface area contributed by atoms with Crippen LogP contribution in [0.5, 0.6) is 5.88 Å². The molecule has 1 aliphatic carbocycles. The van der Waals surface area contributed by atoms with Crippen molar-refractivity contribution in [1.29, 1.82) is 0 Å². The van der Waals surface area contributed by atoms with E-state index in [0.29, 0.717) is 11.3 Å². The van der Waals surface area contributed by atoms with Gasteiger partial charge in [0, 0.05) is 5.92 Å². The predicted octanol–water partition coefficient (Wildman–Crippen LogP) is 4.13. The lowest BCUT2D eigenvalue weighted by Crippen LogP contribution is -2.15. The minimum absolute atomic E-state index is 0.121. The third-order valence-corrected chi connectivity index (χ3v) is 4.83. The van der Waals surface area contributed by atoms with Gasteiger partial charge in [-0.25, -0.2) is 13.3 Å². The Morgan fingerprint density at radius 1 is 1.08 bits per heavy atom. The molecule has 7 heteroatoms. The van der Waals surface area contributed by atoms with Gasteiger partial charge in [0.2, 0.25) is 5.88 Å². The molecule has 1 aliphatic rings. The van der Waals surface area contributed by atoms with Crippen LogP contribution in [0.2, 0.25) is 0 Å². The SMILES string of the molecule is COc1nc2ncnn2c(C2CCCCC2)c1-c1c(F)cccc1F. The molecule has 0 spiro atoms. The van der Waals surface area contributed by atoms with E-state index >= 15 is 0 Å². The Kier molecular flexibility index (Phi) is 4.07. The molecule has 0 N–H and O–H groups in total. The molecule has 0 atom stereocenters. The fraction of sp³-hybridized carbons (Fsp3) is 0.389. The number of nitrogens with zero attached hydrogens (tertiary/aromatic N) is 4. The summed E-state index contributed by atoms with van der Waals surface area (Å²) in [6, 6.07) is 3.84. The highest BCUT2D eigenvalue weighted by atomic mass is 19.1. The molecule has 2 aromatic heterocycles. The van der Waals surface area contributed by atoms with Crippen molar-refractivity contribution >= 4 is 5.78 Å². The molecule has 1 fully saturated rings. The van der Waals surface area contributed by atoms with Gasteiger partial charge in [-0.2, -0.15) is 15.1 Å². The predicted molar refractivity (Wildman–Crippen MR) is 88.5 cm³/mol. The average Bonchev–Trinajstić information content (AvgIpc) is 3.09. The van der Waals surface area contributed by atoms with E-state index in [2.05, 4.69) is 15.1 Å². The summed E-state index contributed by atoms with van der Waals surface area (Å²) in [6.07, 6.45) is 6.59. The minimum atomic E-state index is -0.642. The number of hydrogen-bond donors (Lipinski definition) is 0. The lowest BCUT2D eigenvalue weighted by atomic mass is 9.83. The van der Waals surface area contributed by atoms with E-state index in [9.17, 15) is 8.78 Å². The highest BCUT2D eigenvalue weighted by Crippen LogP contribution is 2.43. The number of rotatable bonds is 3. The summed E-state index contributed by atoms with van der Waals surface area (Å²) in [6.45, 7) is 0. The summed E-state index contributed by atoms with van der Waals surface area (Å²) in [4.78, 5) is 8.44. The summed E-state index contributed by atoms with van der Waals surface area (Å²) in [5.74, 6) is -0.611. The Morgan fingerprint density at radius 3 is 2.48 bits per heavy atom. The summed E-state index contributed by atoms with van der Waals surface area (Å²) in [7, 11) is 1.45. The van der Waals surface area contributed by atoms with E-state index in [4.69, 9.17) is 4.74 Å². The van der Waals surface area contributed by atoms with Gasteiger partial charge in [-0.05, 0) is 25.0 Å². The maximum atomic E-state index is 14.6. The van der Waals surface area contributed by atoms with E-state index in [0.717, 1.165) is 31.4 Å². The van der Waals surface area contributed by atoms with Crippen molar-refractivity contribution in [2.75, 3.05) is 7.11 Å². The Labute approximate surface area is 143 Å². The summed E-state index contributed by atoms with van der Waals surface area (Å²) < 4.78 is 36.1. The molecule has 25 heavy (non-hydrogen) atoms. The van der Waals surface area contributed by atoms with Crippen LogP contribution in [-0.2, 0) is 0 Å². The normalized spacial score (nSPS) is 15.6. The van der Waals surface area contributed by atoms with Crippen LogP contribution >= 0.6 is 0 Å². The molecule has 0 saturated heterocycles. The van der Waals surface area contributed by atoms with Crippen LogP contribution in [0.3, 0.4) is 0 Å². The molecule has 130 valence electrons. The molecule has 2 heterocycles. The van der Waals surface area contributed by atoms with Crippen molar-refractivity contribution in [3.63, 3.8) is 0 Å². The topological polar surface area (TPSA) is 52.3 Å². The van der Waals surface area contributed by atoms with Crippen molar-refractivity contribution in [3.8, 4) is 17.0 Å². The molecular formula is C18H18F2N4O. The first-order valence-electron chi connectivity index (χ1n) is 8.42. The number of hydrogen-bond acceptors (Lipinski definition) is 4. The number of halogens is 2. The van der Waals surface area contributed by atoms with Crippen molar-refractivity contribution in [2.24, 2.45) is 0 Å². The average molecular weight is 344 g/mol. The standard InChI is InChI=1S/C18H18F2N4O/c1-25-17-15(14-12(19)8-5-9-13(14)20)16(11-6-3-2-4-7-11)24-18(23-17)21-10-22-24/h5,8-11H,2-4,6-7H2,1H3. The molecule has 0 unspecified atom stereocenters. The fourth-order valence-corrected chi connectivity index (χ4v) is 3.72. The van der Waals surface area contributed by atoms with Crippen LogP contribution in [-0.4, -0.2) is 26.7 Å². The summed E-state index contributed by atoms with van der Waals surface area (Å²) >= 11 is 0. The second kappa shape index (κ2) is 6.38. The Balaban J connectivity index is 2.07. The largest absolute Gasteiger partial charge is 0.480 e. The fourth-order valence-electron chi connectivity index (χ4n) is 3.72. The van der Waals surface area contributed by atoms with Gasteiger partial charge >= 0.3 is 0 Å². The lowest BCUT2D eigenvalue weighted by Gasteiger charge is -2.25. The Hall–Kier alpha value is -2.57. The van der Waals surface area contributed by atoms with Crippen LogP contribution in [0.1, 0.15) is 43.7 Å². The van der Waals surface area contributed by atoms with E-state index in [1.54, 1.807) is 4.52 Å². The maximum absolute atomic E-state index is 14.6. The van der Waals surface area contributed by atoms with Gasteiger partial charge in [-0.15, -0.1) is 0 Å². The van der Waals surface area contributed by atoms with E-state index in [1.165, 1.54) is 38.1 Å². The van der Waals surface area contributed by atoms with Crippen LogP contribution in [0, 0.1) is 11.6 Å². The maximum Gasteiger partial charge on any atom is 0.255 e. The minimum Gasteiger partial charge on any atom is -0.480 e. The first-order valence-corrected chi connectivity index (χ1v) is 8.42. The first-order chi connectivity index (χ1) is 12.2. The van der Waals surface area contributed by atoms with Gasteiger partial charge in [-0.3, -0.25) is 0 Å². The summed E-state index contributed by atoms with van der Waals surface area (Å²) in [5, 5.41) is 4.26. The van der Waals surface area contributed by atoms with E-state index in [-0.39, 0.29) is 17.4 Å². The highest BCUT2D eigenvalue weighted by Gasteiger charge is 2.29. The molecule has 1 aromatic carbocycles. The smallest absolute Gasteiger partial charge is 0.255 e. The van der Waals surface area contributed by atoms with E-state index in [1.807, 2.05) is 0 Å². The zero-order valence-corrected chi connectivity index (χ0v) is 13.9. The molecule has 0 bridgehead atoms. The Bertz CT molecular complexity index is 899. The van der Waals surface area contributed by atoms with Crippen molar-refractivity contribution in [3.05, 3.63) is 41.9 Å². The molecule has 1 saturated carbocycles. The molecule has 3 aromatic rings. The second-order valence-electron chi connectivity index (χ2n) is 6.28. The Morgan fingerprint density at radius 2 is 1.80 bits per heavy atom. The van der Waals surface area contributed by atoms with Gasteiger partial charge in [0.25, 0.3) is 5.78 Å². The number of methoxy groups -OCH3 is 1. The monoisotopic (exact) mass is 344 g/mol. The quantitative estimate of drug-likeness (QED) is 0.717. The van der Waals surface area contributed by atoms with Crippen LogP contribution in [0.4, 0.5) is 8.78 Å². The molecule has 0 aliphatic heterocycles. The zero-order chi connectivity index (χ0) is 17.4. The number of benzene rings is 1. The first kappa shape index (κ1) is 15.9. The molecule has 5 nitrogen and oxygen atoms in total. The number of aromatic nitrogens is 4. The number of fused-ring (bicyclic) bond motifs is 1. The van der Waals surface area contributed by atoms with Crippen LogP contribution in [0.15, 0.2) is 24.5 Å². The highest BCUT2D eigenvalue weighted by molar-refractivity contribution is 5.74. The molecular weight excluding hydrogens is 326 g/mol. The molecule has 4 rings (SSSR count). The summed E-state index contributed by atoms with van der Waals surface area (Å²) in [5.41, 5.74) is 0.941. The van der Waals surface area contributed by atoms with Gasteiger partial charge in [0.05, 0.1) is 23.9 Å². The van der Waals surface area contributed by atoms with Crippen molar-refractivity contribution in [1.82, 2.24) is 19.6 Å². The van der Waals surface area contributed by atoms with Gasteiger partial charge in [0.1, 0.15) is 18.0 Å². The van der Waals surface area contributed by atoms with Crippen LogP contribution in [0.25, 0.3) is 16.9 Å². The number of ether oxygens (including phenoxy) is 1. The lowest BCUT2D eigenvalue weighted by molar-refractivity contribution is 0.391. The molecule has 0 amide bonds. The van der Waals surface area contributed by atoms with Gasteiger partial charge < -0.3 is 4.74 Å². The van der Waals surface area contributed by atoms with Gasteiger partial charge in [0.15, 0.2) is 0 Å². The third kappa shape index (κ3) is 2.63. The molecule has 0 radical (unpaired) electrons. The van der Waals surface area contributed by atoms with E-state index < -0.39 is 11.6 Å². The van der Waals surface area contributed by atoms with Crippen LogP contribution < -0.4 is 4.74 Å². The van der Waals surface area contributed by atoms with Crippen molar-refractivity contribution in [2.45, 2.75) is 38.0 Å². The second-order valence-corrected chi connectivity index (χ2v) is 6.28. The zero-order valence-electron chi connectivity index (χ0n) is 13.9.